The van der Waals surface area contributed by atoms with Gasteiger partial charge in [0.25, 0.3) is 0 Å². The molecule has 1 aromatic carbocycles. The topological polar surface area (TPSA) is 84.9 Å². The number of carbonyl (C=O) groups excluding carboxylic acids is 1. The third-order valence-electron chi connectivity index (χ3n) is 5.47. The third-order valence-corrected chi connectivity index (χ3v) is 5.47. The molecule has 0 spiro atoms. The molecule has 0 aliphatic carbocycles. The van der Waals surface area contributed by atoms with E-state index in [2.05, 4.69) is 15.5 Å². The SMILES string of the molecule is CC(C(=O)O)c1ccccc1NC(=O)N1CCN(C2CCNCC2)CC1. The van der Waals surface area contributed by atoms with Crippen LogP contribution < -0.4 is 10.6 Å². The van der Waals surface area contributed by atoms with Crippen LogP contribution in [0.4, 0.5) is 10.5 Å². The summed E-state index contributed by atoms with van der Waals surface area (Å²) in [5.74, 6) is -1.56. The first-order valence-electron chi connectivity index (χ1n) is 9.38. The van der Waals surface area contributed by atoms with Crippen molar-refractivity contribution < 1.29 is 14.7 Å². The van der Waals surface area contributed by atoms with Crippen molar-refractivity contribution in [3.63, 3.8) is 0 Å². The first-order valence-corrected chi connectivity index (χ1v) is 9.38. The Morgan fingerprint density at radius 1 is 1.15 bits per heavy atom. The zero-order valence-corrected chi connectivity index (χ0v) is 15.3. The molecule has 0 aromatic heterocycles. The predicted octanol–water partition coefficient (Wildman–Crippen LogP) is 1.78. The van der Waals surface area contributed by atoms with Crippen LogP contribution in [0.15, 0.2) is 24.3 Å². The first kappa shape index (κ1) is 18.7. The Hall–Kier alpha value is -2.12. The lowest BCUT2D eigenvalue weighted by molar-refractivity contribution is -0.138. The number of aliphatic carboxylic acids is 1. The number of piperazine rings is 1. The average molecular weight is 360 g/mol. The largest absolute Gasteiger partial charge is 0.481 e. The first-order chi connectivity index (χ1) is 12.6. The molecule has 1 unspecified atom stereocenters. The normalized spacial score (nSPS) is 20.6. The molecule has 0 bridgehead atoms. The quantitative estimate of drug-likeness (QED) is 0.762. The molecule has 2 heterocycles. The maximum absolute atomic E-state index is 12.6. The van der Waals surface area contributed by atoms with Gasteiger partial charge in [-0.2, -0.15) is 0 Å². The molecular weight excluding hydrogens is 332 g/mol. The monoisotopic (exact) mass is 360 g/mol. The van der Waals surface area contributed by atoms with Crippen molar-refractivity contribution in [3.05, 3.63) is 29.8 Å². The molecular formula is C19H28N4O3. The Balaban J connectivity index is 1.57. The molecule has 26 heavy (non-hydrogen) atoms. The van der Waals surface area contributed by atoms with Crippen LogP contribution in [-0.2, 0) is 4.79 Å². The highest BCUT2D eigenvalue weighted by Crippen LogP contribution is 2.25. The average Bonchev–Trinajstić information content (AvgIpc) is 2.68. The van der Waals surface area contributed by atoms with Gasteiger partial charge >= 0.3 is 12.0 Å². The number of urea groups is 1. The van der Waals surface area contributed by atoms with E-state index in [0.717, 1.165) is 26.2 Å². The maximum Gasteiger partial charge on any atom is 0.321 e. The van der Waals surface area contributed by atoms with Crippen LogP contribution in [0.1, 0.15) is 31.2 Å². The number of nitrogens with zero attached hydrogens (tertiary/aromatic N) is 2. The molecule has 2 aliphatic rings. The minimum atomic E-state index is -0.901. The number of benzene rings is 1. The summed E-state index contributed by atoms with van der Waals surface area (Å²) in [6, 6.07) is 7.59. The molecule has 2 fully saturated rings. The molecule has 1 aromatic rings. The maximum atomic E-state index is 12.6. The van der Waals surface area contributed by atoms with Crippen LogP contribution in [0.25, 0.3) is 0 Å². The fourth-order valence-electron chi connectivity index (χ4n) is 3.78. The van der Waals surface area contributed by atoms with Gasteiger partial charge in [0.05, 0.1) is 5.92 Å². The van der Waals surface area contributed by atoms with Crippen LogP contribution in [0.3, 0.4) is 0 Å². The molecule has 7 heteroatoms. The van der Waals surface area contributed by atoms with Crippen molar-refractivity contribution in [1.29, 1.82) is 0 Å². The zero-order valence-electron chi connectivity index (χ0n) is 15.3. The van der Waals surface area contributed by atoms with Gasteiger partial charge in [0.15, 0.2) is 0 Å². The standard InChI is InChI=1S/C19H28N4O3/c1-14(18(24)25)16-4-2-3-5-17(16)21-19(26)23-12-10-22(11-13-23)15-6-8-20-9-7-15/h2-5,14-15,20H,6-13H2,1H3,(H,21,26)(H,24,25). The number of carboxylic acid groups (broad SMARTS) is 1. The number of para-hydroxylation sites is 1. The minimum Gasteiger partial charge on any atom is -0.481 e. The van der Waals surface area contributed by atoms with E-state index in [9.17, 15) is 14.7 Å². The van der Waals surface area contributed by atoms with Crippen LogP contribution in [-0.4, -0.2) is 72.2 Å². The molecule has 2 aliphatic heterocycles. The summed E-state index contributed by atoms with van der Waals surface area (Å²) < 4.78 is 0. The van der Waals surface area contributed by atoms with Crippen molar-refractivity contribution in [3.8, 4) is 0 Å². The Bertz CT molecular complexity index is 637. The van der Waals surface area contributed by atoms with E-state index < -0.39 is 11.9 Å². The lowest BCUT2D eigenvalue weighted by Crippen LogP contribution is -2.54. The number of rotatable bonds is 4. The molecule has 2 saturated heterocycles. The summed E-state index contributed by atoms with van der Waals surface area (Å²) in [4.78, 5) is 28.2. The second kappa shape index (κ2) is 8.51. The smallest absolute Gasteiger partial charge is 0.321 e. The molecule has 142 valence electrons. The van der Waals surface area contributed by atoms with Gasteiger partial charge in [-0.05, 0) is 44.5 Å². The second-order valence-electron chi connectivity index (χ2n) is 7.08. The van der Waals surface area contributed by atoms with Gasteiger partial charge in [0.1, 0.15) is 0 Å². The molecule has 1 atom stereocenters. The van der Waals surface area contributed by atoms with Crippen LogP contribution in [0, 0.1) is 0 Å². The highest BCUT2D eigenvalue weighted by atomic mass is 16.4. The summed E-state index contributed by atoms with van der Waals surface area (Å²) in [6.45, 7) is 6.97. The van der Waals surface area contributed by atoms with Crippen LogP contribution in [0.2, 0.25) is 0 Å². The Morgan fingerprint density at radius 2 is 1.81 bits per heavy atom. The number of carboxylic acids is 1. The predicted molar refractivity (Wildman–Crippen MR) is 101 cm³/mol. The molecule has 3 rings (SSSR count). The molecule has 0 saturated carbocycles. The Morgan fingerprint density at radius 3 is 2.46 bits per heavy atom. The van der Waals surface area contributed by atoms with E-state index in [4.69, 9.17) is 0 Å². The summed E-state index contributed by atoms with van der Waals surface area (Å²) in [5, 5.41) is 15.6. The fourth-order valence-corrected chi connectivity index (χ4v) is 3.78. The van der Waals surface area contributed by atoms with Crippen molar-refractivity contribution in [2.45, 2.75) is 31.7 Å². The van der Waals surface area contributed by atoms with Gasteiger partial charge in [-0.15, -0.1) is 0 Å². The number of amides is 2. The number of nitrogens with one attached hydrogen (secondary N) is 2. The van der Waals surface area contributed by atoms with Gasteiger partial charge in [0.2, 0.25) is 0 Å². The van der Waals surface area contributed by atoms with Crippen molar-refractivity contribution in [2.75, 3.05) is 44.6 Å². The number of anilines is 1. The summed E-state index contributed by atoms with van der Waals surface area (Å²) in [5.41, 5.74) is 1.20. The number of carbonyl (C=O) groups is 2. The molecule has 3 N–H and O–H groups in total. The van der Waals surface area contributed by atoms with E-state index >= 15 is 0 Å². The van der Waals surface area contributed by atoms with Crippen LogP contribution >= 0.6 is 0 Å². The summed E-state index contributed by atoms with van der Waals surface area (Å²) >= 11 is 0. The second-order valence-corrected chi connectivity index (χ2v) is 7.08. The third kappa shape index (κ3) is 4.34. The number of hydrogen-bond acceptors (Lipinski definition) is 4. The van der Waals surface area contributed by atoms with Crippen molar-refractivity contribution in [2.24, 2.45) is 0 Å². The van der Waals surface area contributed by atoms with E-state index in [0.29, 0.717) is 30.4 Å². The van der Waals surface area contributed by atoms with Crippen molar-refractivity contribution >= 4 is 17.7 Å². The van der Waals surface area contributed by atoms with Gasteiger partial charge < -0.3 is 20.6 Å². The van der Waals surface area contributed by atoms with Gasteiger partial charge in [-0.25, -0.2) is 4.79 Å². The van der Waals surface area contributed by atoms with E-state index in [1.165, 1.54) is 12.8 Å². The zero-order chi connectivity index (χ0) is 18.5. The van der Waals surface area contributed by atoms with E-state index in [1.54, 1.807) is 25.1 Å². The molecule has 7 nitrogen and oxygen atoms in total. The van der Waals surface area contributed by atoms with E-state index in [1.807, 2.05) is 11.0 Å². The lowest BCUT2D eigenvalue weighted by atomic mass is 9.99. The minimum absolute atomic E-state index is 0.153. The van der Waals surface area contributed by atoms with Crippen molar-refractivity contribution in [1.82, 2.24) is 15.1 Å². The molecule has 2 amide bonds. The highest BCUT2D eigenvalue weighted by Gasteiger charge is 2.27. The van der Waals surface area contributed by atoms with Crippen LogP contribution in [0.5, 0.6) is 0 Å². The summed E-state index contributed by atoms with van der Waals surface area (Å²) in [7, 11) is 0. The number of piperidine rings is 1. The summed E-state index contributed by atoms with van der Waals surface area (Å²) in [6.07, 6.45) is 2.35. The Labute approximate surface area is 154 Å². The molecule has 0 radical (unpaired) electrons. The lowest BCUT2D eigenvalue weighted by Gasteiger charge is -2.40. The van der Waals surface area contributed by atoms with Gasteiger partial charge in [-0.1, -0.05) is 18.2 Å². The van der Waals surface area contributed by atoms with E-state index in [-0.39, 0.29) is 6.03 Å². The van der Waals surface area contributed by atoms with Gasteiger partial charge in [0, 0.05) is 37.9 Å². The highest BCUT2D eigenvalue weighted by molar-refractivity contribution is 5.91. The fraction of sp³-hybridized carbons (Fsp3) is 0.579. The Kier molecular flexibility index (Phi) is 6.11. The number of hydrogen-bond donors (Lipinski definition) is 3. The van der Waals surface area contributed by atoms with Gasteiger partial charge in [-0.3, -0.25) is 9.69 Å².